The Morgan fingerprint density at radius 3 is 2.35 bits per heavy atom. The van der Waals surface area contributed by atoms with Gasteiger partial charge in [0.05, 0.1) is 20.3 Å². The second kappa shape index (κ2) is 8.14. The fourth-order valence-electron chi connectivity index (χ4n) is 3.28. The van der Waals surface area contributed by atoms with E-state index < -0.39 is 5.97 Å². The van der Waals surface area contributed by atoms with Gasteiger partial charge < -0.3 is 23.7 Å². The summed E-state index contributed by atoms with van der Waals surface area (Å²) >= 11 is 0. The average Bonchev–Trinajstić information content (AvgIpc) is 3.08. The molecule has 3 aromatic rings. The van der Waals surface area contributed by atoms with Gasteiger partial charge in [-0.15, -0.1) is 0 Å². The lowest BCUT2D eigenvalue weighted by molar-refractivity contribution is 0.0713. The summed E-state index contributed by atoms with van der Waals surface area (Å²) in [7, 11) is 2.94. The topological polar surface area (TPSA) is 89.0 Å². The normalized spacial score (nSPS) is 13.7. The Balaban J connectivity index is 1.60. The predicted molar refractivity (Wildman–Crippen MR) is 111 cm³/mol. The maximum absolute atomic E-state index is 13.0. The first-order valence-electron chi connectivity index (χ1n) is 9.65. The van der Waals surface area contributed by atoms with E-state index in [9.17, 15) is 4.79 Å². The summed E-state index contributed by atoms with van der Waals surface area (Å²) in [6.45, 7) is 3.98. The predicted octanol–water partition coefficient (Wildman–Crippen LogP) is 4.22. The lowest BCUT2D eigenvalue weighted by atomic mass is 10.0. The first-order chi connectivity index (χ1) is 14.9. The first kappa shape index (κ1) is 20.5. The van der Waals surface area contributed by atoms with E-state index in [1.807, 2.05) is 26.0 Å². The fraction of sp³-hybridized carbons (Fsp3) is 0.261. The van der Waals surface area contributed by atoms with Crippen LogP contribution >= 0.6 is 0 Å². The van der Waals surface area contributed by atoms with Crippen LogP contribution in [-0.4, -0.2) is 35.8 Å². The second-order valence-electron chi connectivity index (χ2n) is 7.51. The van der Waals surface area contributed by atoms with Crippen LogP contribution in [0.2, 0.25) is 0 Å². The molecule has 1 aromatic heterocycles. The number of ether oxygens (including phenoxy) is 5. The van der Waals surface area contributed by atoms with Crippen molar-refractivity contribution in [2.75, 3.05) is 14.2 Å². The molecule has 0 radical (unpaired) electrons. The number of fused-ring (bicyclic) bond motifs is 1. The van der Waals surface area contributed by atoms with E-state index in [1.165, 1.54) is 20.3 Å². The molecule has 0 spiro atoms. The molecule has 0 saturated heterocycles. The van der Waals surface area contributed by atoms with Gasteiger partial charge in [0.25, 0.3) is 0 Å². The minimum absolute atomic E-state index is 0.0258. The van der Waals surface area contributed by atoms with Crippen molar-refractivity contribution in [3.8, 4) is 35.0 Å². The third kappa shape index (κ3) is 4.37. The summed E-state index contributed by atoms with van der Waals surface area (Å²) in [5, 5.41) is 0. The summed E-state index contributed by atoms with van der Waals surface area (Å²) in [5.74, 6) is 1.12. The molecule has 1 aliphatic rings. The Labute approximate surface area is 179 Å². The second-order valence-corrected chi connectivity index (χ2v) is 7.51. The van der Waals surface area contributed by atoms with Crippen molar-refractivity contribution in [2.45, 2.75) is 25.9 Å². The van der Waals surface area contributed by atoms with Crippen LogP contribution < -0.4 is 23.7 Å². The van der Waals surface area contributed by atoms with E-state index in [-0.39, 0.29) is 34.7 Å². The van der Waals surface area contributed by atoms with E-state index in [2.05, 4.69) is 9.97 Å². The number of benzene rings is 2. The SMILES string of the molecule is COc1cc(OC)nc(Oc2ccccc2C(=O)Oc2cccc3c2OC(C)(C)C3)n1. The number of aromatic nitrogens is 2. The quantitative estimate of drug-likeness (QED) is 0.431. The van der Waals surface area contributed by atoms with Gasteiger partial charge in [-0.2, -0.15) is 9.97 Å². The van der Waals surface area contributed by atoms with Crippen LogP contribution in [0.1, 0.15) is 29.8 Å². The van der Waals surface area contributed by atoms with Crippen molar-refractivity contribution in [2.24, 2.45) is 0 Å². The number of carbonyl (C=O) groups is 1. The minimum atomic E-state index is -0.591. The minimum Gasteiger partial charge on any atom is -0.483 e. The molecule has 1 aliphatic heterocycles. The molecule has 0 amide bonds. The molecule has 4 rings (SSSR count). The Morgan fingerprint density at radius 1 is 0.968 bits per heavy atom. The molecular formula is C23H22N2O6. The molecule has 0 unspecified atom stereocenters. The molecule has 8 nitrogen and oxygen atoms in total. The van der Waals surface area contributed by atoms with Crippen molar-refractivity contribution in [3.63, 3.8) is 0 Å². The van der Waals surface area contributed by atoms with E-state index in [1.54, 1.807) is 30.3 Å². The van der Waals surface area contributed by atoms with Gasteiger partial charge in [0.2, 0.25) is 11.8 Å². The van der Waals surface area contributed by atoms with E-state index in [0.29, 0.717) is 11.5 Å². The van der Waals surface area contributed by atoms with Crippen molar-refractivity contribution in [1.82, 2.24) is 9.97 Å². The van der Waals surface area contributed by atoms with Crippen molar-refractivity contribution < 1.29 is 28.5 Å². The van der Waals surface area contributed by atoms with Gasteiger partial charge in [-0.3, -0.25) is 0 Å². The third-order valence-corrected chi connectivity index (χ3v) is 4.64. The van der Waals surface area contributed by atoms with Crippen LogP contribution in [0.3, 0.4) is 0 Å². The molecular weight excluding hydrogens is 400 g/mol. The average molecular weight is 422 g/mol. The van der Waals surface area contributed by atoms with Crippen LogP contribution in [0, 0.1) is 0 Å². The van der Waals surface area contributed by atoms with E-state index in [0.717, 1.165) is 12.0 Å². The van der Waals surface area contributed by atoms with Gasteiger partial charge in [0.15, 0.2) is 11.5 Å². The van der Waals surface area contributed by atoms with Crippen LogP contribution in [0.25, 0.3) is 0 Å². The summed E-state index contributed by atoms with van der Waals surface area (Å²) in [4.78, 5) is 21.3. The van der Waals surface area contributed by atoms with Gasteiger partial charge in [0, 0.05) is 12.0 Å². The van der Waals surface area contributed by atoms with Gasteiger partial charge in [0.1, 0.15) is 16.9 Å². The van der Waals surface area contributed by atoms with Crippen LogP contribution in [0.15, 0.2) is 48.5 Å². The molecule has 0 bridgehead atoms. The molecule has 31 heavy (non-hydrogen) atoms. The summed E-state index contributed by atoms with van der Waals surface area (Å²) in [5.41, 5.74) is 0.855. The fourth-order valence-corrected chi connectivity index (χ4v) is 3.28. The number of nitrogens with zero attached hydrogens (tertiary/aromatic N) is 2. The maximum Gasteiger partial charge on any atom is 0.347 e. The highest BCUT2D eigenvalue weighted by atomic mass is 16.6. The largest absolute Gasteiger partial charge is 0.483 e. The monoisotopic (exact) mass is 422 g/mol. The zero-order valence-electron chi connectivity index (χ0n) is 17.7. The number of rotatable bonds is 6. The standard InChI is InChI=1S/C23H22N2O6/c1-23(2)13-14-8-7-11-17(20(14)31-23)29-21(26)15-9-5-6-10-16(15)30-22-24-18(27-3)12-19(25-22)28-4/h5-12H,13H2,1-4H3. The van der Waals surface area contributed by atoms with E-state index >= 15 is 0 Å². The molecule has 8 heteroatoms. The van der Waals surface area contributed by atoms with Gasteiger partial charge in [-0.05, 0) is 32.0 Å². The number of hydrogen-bond acceptors (Lipinski definition) is 8. The van der Waals surface area contributed by atoms with Crippen molar-refractivity contribution in [1.29, 1.82) is 0 Å². The summed E-state index contributed by atoms with van der Waals surface area (Å²) in [6.07, 6.45) is 0.739. The smallest absolute Gasteiger partial charge is 0.347 e. The molecule has 2 heterocycles. The van der Waals surface area contributed by atoms with Crippen LogP contribution in [0.5, 0.6) is 35.0 Å². The number of para-hydroxylation sites is 2. The van der Waals surface area contributed by atoms with E-state index in [4.69, 9.17) is 23.7 Å². The Bertz CT molecular complexity index is 1110. The zero-order chi connectivity index (χ0) is 22.0. The highest BCUT2D eigenvalue weighted by molar-refractivity contribution is 5.94. The van der Waals surface area contributed by atoms with Gasteiger partial charge in [-0.1, -0.05) is 24.3 Å². The van der Waals surface area contributed by atoms with Crippen molar-refractivity contribution in [3.05, 3.63) is 59.7 Å². The third-order valence-electron chi connectivity index (χ3n) is 4.64. The molecule has 0 aliphatic carbocycles. The number of esters is 1. The zero-order valence-corrected chi connectivity index (χ0v) is 17.7. The first-order valence-corrected chi connectivity index (χ1v) is 9.65. The Kier molecular flexibility index (Phi) is 5.37. The number of carbonyl (C=O) groups excluding carboxylic acids is 1. The Hall–Kier alpha value is -3.81. The molecule has 160 valence electrons. The molecule has 0 atom stereocenters. The summed E-state index contributed by atoms with van der Waals surface area (Å²) < 4.78 is 27.7. The highest BCUT2D eigenvalue weighted by Crippen LogP contribution is 2.42. The molecule has 2 aromatic carbocycles. The van der Waals surface area contributed by atoms with Crippen LogP contribution in [0.4, 0.5) is 0 Å². The summed E-state index contributed by atoms with van der Waals surface area (Å²) in [6, 6.07) is 13.7. The number of methoxy groups -OCH3 is 2. The van der Waals surface area contributed by atoms with Crippen molar-refractivity contribution >= 4 is 5.97 Å². The molecule has 0 fully saturated rings. The molecule has 0 N–H and O–H groups in total. The maximum atomic E-state index is 13.0. The lowest BCUT2D eigenvalue weighted by Crippen LogP contribution is -2.24. The molecule has 0 saturated carbocycles. The highest BCUT2D eigenvalue weighted by Gasteiger charge is 2.33. The number of hydrogen-bond donors (Lipinski definition) is 0. The van der Waals surface area contributed by atoms with Gasteiger partial charge >= 0.3 is 12.0 Å². The van der Waals surface area contributed by atoms with Crippen LogP contribution in [-0.2, 0) is 6.42 Å². The lowest BCUT2D eigenvalue weighted by Gasteiger charge is -2.18. The van der Waals surface area contributed by atoms with Gasteiger partial charge in [-0.25, -0.2) is 4.79 Å². The Morgan fingerprint density at radius 2 is 1.65 bits per heavy atom.